The lowest BCUT2D eigenvalue weighted by Gasteiger charge is -2.16. The first-order chi connectivity index (χ1) is 11.3. The summed E-state index contributed by atoms with van der Waals surface area (Å²) in [5, 5.41) is 2.52. The molecule has 0 radical (unpaired) electrons. The number of carbonyl (C=O) groups is 2. The Morgan fingerprint density at radius 3 is 2.46 bits per heavy atom. The van der Waals surface area contributed by atoms with Crippen molar-refractivity contribution in [2.75, 3.05) is 19.4 Å². The van der Waals surface area contributed by atoms with Gasteiger partial charge in [-0.25, -0.2) is 8.78 Å². The van der Waals surface area contributed by atoms with Crippen LogP contribution in [0.5, 0.6) is 0 Å². The first kappa shape index (κ1) is 17.6. The van der Waals surface area contributed by atoms with Gasteiger partial charge in [0.05, 0.1) is 5.56 Å². The number of primary amides is 1. The molecule has 0 unspecified atom stereocenters. The Kier molecular flexibility index (Phi) is 5.25. The van der Waals surface area contributed by atoms with Gasteiger partial charge >= 0.3 is 0 Å². The summed E-state index contributed by atoms with van der Waals surface area (Å²) in [5.41, 5.74) is 6.05. The lowest BCUT2D eigenvalue weighted by molar-refractivity contribution is 0.0995. The zero-order chi connectivity index (χ0) is 17.9. The Morgan fingerprint density at radius 2 is 1.83 bits per heavy atom. The molecule has 2 amide bonds. The van der Waals surface area contributed by atoms with Crippen LogP contribution in [0, 0.1) is 11.6 Å². The van der Waals surface area contributed by atoms with Gasteiger partial charge in [-0.05, 0) is 50.0 Å². The predicted molar refractivity (Wildman–Crippen MR) is 86.7 cm³/mol. The van der Waals surface area contributed by atoms with E-state index in [1.807, 2.05) is 19.0 Å². The fourth-order valence-electron chi connectivity index (χ4n) is 2.19. The van der Waals surface area contributed by atoms with Crippen molar-refractivity contribution in [3.63, 3.8) is 0 Å². The lowest BCUT2D eigenvalue weighted by atomic mass is 10.1. The Morgan fingerprint density at radius 1 is 1.12 bits per heavy atom. The molecule has 7 heteroatoms. The number of nitrogens with one attached hydrogen (secondary N) is 1. The molecule has 0 atom stereocenters. The molecule has 2 rings (SSSR count). The third-order valence-electron chi connectivity index (χ3n) is 3.30. The number of nitrogens with two attached hydrogens (primary N) is 1. The van der Waals surface area contributed by atoms with Gasteiger partial charge in [-0.15, -0.1) is 0 Å². The van der Waals surface area contributed by atoms with E-state index in [0.717, 1.165) is 18.2 Å². The minimum Gasteiger partial charge on any atom is -0.366 e. The number of hydrogen-bond acceptors (Lipinski definition) is 3. The van der Waals surface area contributed by atoms with Crippen molar-refractivity contribution < 1.29 is 18.4 Å². The third-order valence-corrected chi connectivity index (χ3v) is 3.30. The minimum absolute atomic E-state index is 0.201. The Labute approximate surface area is 138 Å². The van der Waals surface area contributed by atoms with Crippen molar-refractivity contribution in [3.05, 3.63) is 64.7 Å². The monoisotopic (exact) mass is 333 g/mol. The van der Waals surface area contributed by atoms with Crippen LogP contribution in [0.1, 0.15) is 26.3 Å². The smallest absolute Gasteiger partial charge is 0.258 e. The van der Waals surface area contributed by atoms with Crippen LogP contribution in [0.25, 0.3) is 0 Å². The van der Waals surface area contributed by atoms with Crippen molar-refractivity contribution in [1.29, 1.82) is 0 Å². The molecular formula is C17H17F2N3O2. The van der Waals surface area contributed by atoms with Gasteiger partial charge in [0.2, 0.25) is 5.91 Å². The van der Waals surface area contributed by atoms with Crippen molar-refractivity contribution in [2.24, 2.45) is 5.73 Å². The van der Waals surface area contributed by atoms with E-state index in [1.165, 1.54) is 6.07 Å². The van der Waals surface area contributed by atoms with Crippen LogP contribution in [0.15, 0.2) is 36.4 Å². The normalized spacial score (nSPS) is 10.7. The second kappa shape index (κ2) is 7.18. The molecule has 0 fully saturated rings. The van der Waals surface area contributed by atoms with Crippen molar-refractivity contribution in [1.82, 2.24) is 4.90 Å². The quantitative estimate of drug-likeness (QED) is 0.882. The van der Waals surface area contributed by atoms with Crippen molar-refractivity contribution in [2.45, 2.75) is 6.54 Å². The van der Waals surface area contributed by atoms with Gasteiger partial charge in [-0.2, -0.15) is 0 Å². The largest absolute Gasteiger partial charge is 0.366 e. The number of rotatable bonds is 5. The molecule has 126 valence electrons. The predicted octanol–water partition coefficient (Wildman–Crippen LogP) is 2.38. The molecule has 2 aromatic rings. The summed E-state index contributed by atoms with van der Waals surface area (Å²) >= 11 is 0. The van der Waals surface area contributed by atoms with Gasteiger partial charge in [0.15, 0.2) is 0 Å². The zero-order valence-corrected chi connectivity index (χ0v) is 13.3. The summed E-state index contributed by atoms with van der Waals surface area (Å²) in [7, 11) is 3.67. The van der Waals surface area contributed by atoms with E-state index in [9.17, 15) is 18.4 Å². The van der Waals surface area contributed by atoms with Gasteiger partial charge in [0.25, 0.3) is 5.91 Å². The average molecular weight is 333 g/mol. The summed E-state index contributed by atoms with van der Waals surface area (Å²) in [6, 6.07) is 7.23. The highest BCUT2D eigenvalue weighted by Gasteiger charge is 2.16. The fourth-order valence-corrected chi connectivity index (χ4v) is 2.19. The molecule has 0 heterocycles. The summed E-state index contributed by atoms with van der Waals surface area (Å²) < 4.78 is 27.0. The molecule has 3 N–H and O–H groups in total. The van der Waals surface area contributed by atoms with Crippen LogP contribution in [-0.4, -0.2) is 30.8 Å². The maximum absolute atomic E-state index is 13.7. The molecule has 24 heavy (non-hydrogen) atoms. The molecular weight excluding hydrogens is 316 g/mol. The van der Waals surface area contributed by atoms with Gasteiger partial charge in [-0.3, -0.25) is 9.59 Å². The topological polar surface area (TPSA) is 75.4 Å². The Balaban J connectivity index is 2.38. The van der Waals surface area contributed by atoms with E-state index in [4.69, 9.17) is 5.73 Å². The van der Waals surface area contributed by atoms with E-state index in [2.05, 4.69) is 5.32 Å². The second-order valence-corrected chi connectivity index (χ2v) is 5.55. The molecule has 0 aliphatic rings. The number of nitrogens with zero attached hydrogens (tertiary/aromatic N) is 1. The summed E-state index contributed by atoms with van der Waals surface area (Å²) in [6.45, 7) is 0.473. The highest BCUT2D eigenvalue weighted by molar-refractivity contribution is 6.05. The molecule has 0 aliphatic carbocycles. The third kappa shape index (κ3) is 4.14. The van der Waals surface area contributed by atoms with E-state index < -0.39 is 29.0 Å². The number of amides is 2. The minimum atomic E-state index is -0.839. The SMILES string of the molecule is CN(C)Cc1ccc(C(N)=O)cc1NC(=O)c1cc(F)ccc1F. The molecule has 0 bridgehead atoms. The van der Waals surface area contributed by atoms with E-state index >= 15 is 0 Å². The number of hydrogen-bond donors (Lipinski definition) is 2. The number of halogens is 2. The molecule has 0 saturated carbocycles. The molecule has 0 aromatic heterocycles. The van der Waals surface area contributed by atoms with Crippen LogP contribution in [0.2, 0.25) is 0 Å². The molecule has 5 nitrogen and oxygen atoms in total. The highest BCUT2D eigenvalue weighted by Crippen LogP contribution is 2.21. The first-order valence-corrected chi connectivity index (χ1v) is 7.12. The average Bonchev–Trinajstić information content (AvgIpc) is 2.50. The second-order valence-electron chi connectivity index (χ2n) is 5.55. The van der Waals surface area contributed by atoms with Crippen LogP contribution in [-0.2, 0) is 6.54 Å². The van der Waals surface area contributed by atoms with Crippen LogP contribution < -0.4 is 11.1 Å². The molecule has 2 aromatic carbocycles. The van der Waals surface area contributed by atoms with E-state index in [1.54, 1.807) is 12.1 Å². The molecule has 0 spiro atoms. The van der Waals surface area contributed by atoms with Gasteiger partial charge in [0, 0.05) is 17.8 Å². The van der Waals surface area contributed by atoms with Crippen LogP contribution in [0.4, 0.5) is 14.5 Å². The number of carbonyl (C=O) groups excluding carboxylic acids is 2. The standard InChI is InChI=1S/C17H17F2N3O2/c1-22(2)9-11-4-3-10(16(20)23)7-15(11)21-17(24)13-8-12(18)5-6-14(13)19/h3-8H,9H2,1-2H3,(H2,20,23)(H,21,24). The summed E-state index contributed by atoms with van der Waals surface area (Å²) in [4.78, 5) is 25.4. The maximum atomic E-state index is 13.7. The van der Waals surface area contributed by atoms with E-state index in [0.29, 0.717) is 17.8 Å². The van der Waals surface area contributed by atoms with Gasteiger partial charge in [0.1, 0.15) is 11.6 Å². The number of benzene rings is 2. The van der Waals surface area contributed by atoms with E-state index in [-0.39, 0.29) is 5.56 Å². The van der Waals surface area contributed by atoms with Crippen LogP contribution in [0.3, 0.4) is 0 Å². The Hall–Kier alpha value is -2.80. The number of anilines is 1. The van der Waals surface area contributed by atoms with Gasteiger partial charge < -0.3 is 16.0 Å². The van der Waals surface area contributed by atoms with Crippen molar-refractivity contribution >= 4 is 17.5 Å². The Bertz CT molecular complexity index is 791. The maximum Gasteiger partial charge on any atom is 0.258 e. The lowest BCUT2D eigenvalue weighted by Crippen LogP contribution is -2.19. The van der Waals surface area contributed by atoms with Crippen LogP contribution >= 0.6 is 0 Å². The molecule has 0 aliphatic heterocycles. The molecule has 0 saturated heterocycles. The first-order valence-electron chi connectivity index (χ1n) is 7.12. The highest BCUT2D eigenvalue weighted by atomic mass is 19.1. The zero-order valence-electron chi connectivity index (χ0n) is 13.3. The van der Waals surface area contributed by atoms with Gasteiger partial charge in [-0.1, -0.05) is 6.07 Å². The fraction of sp³-hybridized carbons (Fsp3) is 0.176. The summed E-state index contributed by atoms with van der Waals surface area (Å²) in [5.74, 6) is -3.03. The summed E-state index contributed by atoms with van der Waals surface area (Å²) in [6.07, 6.45) is 0. The van der Waals surface area contributed by atoms with Crippen molar-refractivity contribution in [3.8, 4) is 0 Å².